The number of ether oxygens (including phenoxy) is 1. The van der Waals surface area contributed by atoms with Gasteiger partial charge in [0.1, 0.15) is 5.75 Å². The van der Waals surface area contributed by atoms with Gasteiger partial charge in [-0.15, -0.1) is 10.2 Å². The molecule has 0 aliphatic carbocycles. The summed E-state index contributed by atoms with van der Waals surface area (Å²) in [6, 6.07) is 5.03. The number of carbonyl (C=O) groups is 1. The first kappa shape index (κ1) is 15.2. The second kappa shape index (κ2) is 6.49. The van der Waals surface area contributed by atoms with Crippen molar-refractivity contribution in [1.29, 1.82) is 0 Å². The summed E-state index contributed by atoms with van der Waals surface area (Å²) in [6.45, 7) is 3.45. The van der Waals surface area contributed by atoms with Crippen molar-refractivity contribution in [2.24, 2.45) is 0 Å². The molecule has 112 valence electrons. The predicted octanol–water partition coefficient (Wildman–Crippen LogP) is 2.09. The highest BCUT2D eigenvalue weighted by Crippen LogP contribution is 2.28. The summed E-state index contributed by atoms with van der Waals surface area (Å²) in [7, 11) is 1.52. The van der Waals surface area contributed by atoms with Gasteiger partial charge >= 0.3 is 0 Å². The van der Waals surface area contributed by atoms with E-state index in [0.717, 1.165) is 0 Å². The van der Waals surface area contributed by atoms with E-state index < -0.39 is 5.25 Å². The van der Waals surface area contributed by atoms with E-state index in [1.807, 2.05) is 0 Å². The average molecular weight is 308 g/mol. The third-order valence-electron chi connectivity index (χ3n) is 2.64. The van der Waals surface area contributed by atoms with Crippen molar-refractivity contribution in [2.45, 2.75) is 24.3 Å². The van der Waals surface area contributed by atoms with Crippen molar-refractivity contribution in [3.63, 3.8) is 0 Å². The fourth-order valence-corrected chi connectivity index (χ4v) is 2.30. The number of anilines is 2. The summed E-state index contributed by atoms with van der Waals surface area (Å²) in [4.78, 5) is 12.2. The Balaban J connectivity index is 2.03. The molecule has 1 unspecified atom stereocenters. The first-order chi connectivity index (χ1) is 9.99. The van der Waals surface area contributed by atoms with Gasteiger partial charge in [0.2, 0.25) is 11.8 Å². The number of nitrogens with zero attached hydrogens (tertiary/aromatic N) is 2. The zero-order chi connectivity index (χ0) is 15.4. The van der Waals surface area contributed by atoms with Gasteiger partial charge in [-0.3, -0.25) is 4.79 Å². The minimum Gasteiger partial charge on any atom is -0.494 e. The Labute approximate surface area is 126 Å². The van der Waals surface area contributed by atoms with E-state index in [1.54, 1.807) is 32.0 Å². The number of aryl methyl sites for hydroxylation is 1. The maximum Gasteiger partial charge on any atom is 0.277 e. The molecule has 8 heteroatoms. The highest BCUT2D eigenvalue weighted by molar-refractivity contribution is 8.00. The van der Waals surface area contributed by atoms with Crippen LogP contribution in [0, 0.1) is 6.92 Å². The lowest BCUT2D eigenvalue weighted by molar-refractivity contribution is -0.115. The van der Waals surface area contributed by atoms with E-state index in [4.69, 9.17) is 14.9 Å². The Morgan fingerprint density at radius 3 is 2.86 bits per heavy atom. The lowest BCUT2D eigenvalue weighted by Crippen LogP contribution is -2.22. The number of thioether (sulfide) groups is 1. The van der Waals surface area contributed by atoms with E-state index in [-0.39, 0.29) is 5.91 Å². The molecule has 0 bridgehead atoms. The number of hydrogen-bond donors (Lipinski definition) is 2. The molecule has 1 amide bonds. The maximum atomic E-state index is 12.2. The summed E-state index contributed by atoms with van der Waals surface area (Å²) in [5.41, 5.74) is 6.80. The number of methoxy groups -OCH3 is 1. The van der Waals surface area contributed by atoms with Gasteiger partial charge in [-0.05, 0) is 19.1 Å². The third-order valence-corrected chi connectivity index (χ3v) is 3.57. The van der Waals surface area contributed by atoms with Gasteiger partial charge in [-0.1, -0.05) is 11.8 Å². The number of carbonyl (C=O) groups excluding carboxylic acids is 1. The number of nitrogens with two attached hydrogens (primary N) is 1. The van der Waals surface area contributed by atoms with E-state index in [9.17, 15) is 4.79 Å². The molecule has 0 fully saturated rings. The van der Waals surface area contributed by atoms with Crippen LogP contribution in [0.25, 0.3) is 0 Å². The summed E-state index contributed by atoms with van der Waals surface area (Å²) >= 11 is 1.19. The molecule has 2 rings (SSSR count). The van der Waals surface area contributed by atoms with Gasteiger partial charge in [0.15, 0.2) is 0 Å². The lowest BCUT2D eigenvalue weighted by Gasteiger charge is -2.13. The molecule has 1 atom stereocenters. The molecule has 0 radical (unpaired) electrons. The summed E-state index contributed by atoms with van der Waals surface area (Å²) in [6.07, 6.45) is 0. The second-order valence-corrected chi connectivity index (χ2v) is 5.59. The number of nitrogen functional groups attached to an aromatic ring is 1. The fraction of sp³-hybridized carbons (Fsp3) is 0.308. The highest BCUT2D eigenvalue weighted by Gasteiger charge is 2.19. The van der Waals surface area contributed by atoms with Crippen LogP contribution < -0.4 is 15.8 Å². The van der Waals surface area contributed by atoms with Crippen molar-refractivity contribution >= 4 is 29.0 Å². The number of rotatable bonds is 5. The van der Waals surface area contributed by atoms with Crippen LogP contribution in [-0.4, -0.2) is 28.5 Å². The van der Waals surface area contributed by atoms with Crippen LogP contribution in [0.4, 0.5) is 11.4 Å². The Morgan fingerprint density at radius 2 is 2.24 bits per heavy atom. The zero-order valence-electron chi connectivity index (χ0n) is 11.9. The first-order valence-corrected chi connectivity index (χ1v) is 7.08. The monoisotopic (exact) mass is 308 g/mol. The highest BCUT2D eigenvalue weighted by atomic mass is 32.2. The van der Waals surface area contributed by atoms with Crippen LogP contribution in [0.2, 0.25) is 0 Å². The summed E-state index contributed by atoms with van der Waals surface area (Å²) in [5, 5.41) is 10.3. The van der Waals surface area contributed by atoms with E-state index in [2.05, 4.69) is 15.5 Å². The quantitative estimate of drug-likeness (QED) is 0.644. The molecule has 1 heterocycles. The zero-order valence-corrected chi connectivity index (χ0v) is 12.7. The summed E-state index contributed by atoms with van der Waals surface area (Å²) in [5.74, 6) is 0.776. The Kier molecular flexibility index (Phi) is 4.69. The third kappa shape index (κ3) is 3.88. The van der Waals surface area contributed by atoms with Gasteiger partial charge in [-0.25, -0.2) is 0 Å². The first-order valence-electron chi connectivity index (χ1n) is 6.20. The lowest BCUT2D eigenvalue weighted by atomic mass is 10.2. The van der Waals surface area contributed by atoms with Crippen LogP contribution in [0.5, 0.6) is 5.75 Å². The topological polar surface area (TPSA) is 103 Å². The van der Waals surface area contributed by atoms with Gasteiger partial charge < -0.3 is 20.2 Å². The molecular weight excluding hydrogens is 292 g/mol. The number of nitrogens with one attached hydrogen (secondary N) is 1. The van der Waals surface area contributed by atoms with Crippen molar-refractivity contribution in [3.05, 3.63) is 24.1 Å². The van der Waals surface area contributed by atoms with E-state index >= 15 is 0 Å². The second-order valence-electron chi connectivity index (χ2n) is 4.30. The number of amides is 1. The van der Waals surface area contributed by atoms with Crippen molar-refractivity contribution < 1.29 is 13.9 Å². The Bertz CT molecular complexity index is 644. The number of aromatic nitrogens is 2. The van der Waals surface area contributed by atoms with Crippen LogP contribution in [0.1, 0.15) is 12.8 Å². The van der Waals surface area contributed by atoms with Crippen molar-refractivity contribution in [3.8, 4) is 5.75 Å². The SMILES string of the molecule is COc1cc(N)ccc1NC(=O)C(C)Sc1nnc(C)o1. The van der Waals surface area contributed by atoms with Gasteiger partial charge in [0, 0.05) is 18.7 Å². The molecule has 0 aliphatic rings. The Morgan fingerprint density at radius 1 is 1.48 bits per heavy atom. The largest absolute Gasteiger partial charge is 0.494 e. The normalized spacial score (nSPS) is 12.0. The molecule has 7 nitrogen and oxygen atoms in total. The molecule has 1 aromatic heterocycles. The number of benzene rings is 1. The number of hydrogen-bond acceptors (Lipinski definition) is 7. The summed E-state index contributed by atoms with van der Waals surface area (Å²) < 4.78 is 10.4. The molecule has 2 aromatic rings. The van der Waals surface area contributed by atoms with Crippen molar-refractivity contribution in [1.82, 2.24) is 10.2 Å². The Hall–Kier alpha value is -2.22. The van der Waals surface area contributed by atoms with Gasteiger partial charge in [0.25, 0.3) is 5.22 Å². The van der Waals surface area contributed by atoms with Gasteiger partial charge in [-0.2, -0.15) is 0 Å². The van der Waals surface area contributed by atoms with Crippen LogP contribution >= 0.6 is 11.8 Å². The standard InChI is InChI=1S/C13H16N4O3S/c1-7(21-13-17-16-8(2)20-13)12(18)15-10-5-4-9(14)6-11(10)19-3/h4-7H,14H2,1-3H3,(H,15,18). The molecule has 3 N–H and O–H groups in total. The molecular formula is C13H16N4O3S. The molecule has 0 spiro atoms. The minimum atomic E-state index is -0.396. The molecule has 1 aromatic carbocycles. The van der Waals surface area contributed by atoms with Gasteiger partial charge in [0.05, 0.1) is 18.0 Å². The van der Waals surface area contributed by atoms with Crippen molar-refractivity contribution in [2.75, 3.05) is 18.2 Å². The van der Waals surface area contributed by atoms with E-state index in [0.29, 0.717) is 28.2 Å². The molecule has 0 saturated carbocycles. The molecule has 21 heavy (non-hydrogen) atoms. The smallest absolute Gasteiger partial charge is 0.277 e. The fourth-order valence-electron chi connectivity index (χ4n) is 1.58. The molecule has 0 saturated heterocycles. The van der Waals surface area contributed by atoms with Crippen LogP contribution in [0.15, 0.2) is 27.8 Å². The average Bonchev–Trinajstić information content (AvgIpc) is 2.85. The maximum absolute atomic E-state index is 12.2. The predicted molar refractivity (Wildman–Crippen MR) is 80.4 cm³/mol. The van der Waals surface area contributed by atoms with Crippen LogP contribution in [-0.2, 0) is 4.79 Å². The minimum absolute atomic E-state index is 0.195. The van der Waals surface area contributed by atoms with E-state index in [1.165, 1.54) is 18.9 Å². The van der Waals surface area contributed by atoms with Crippen LogP contribution in [0.3, 0.4) is 0 Å². The molecule has 0 aliphatic heterocycles.